The highest BCUT2D eigenvalue weighted by molar-refractivity contribution is 9.11. The van der Waals surface area contributed by atoms with Gasteiger partial charge in [-0.25, -0.2) is 10.4 Å². The molecule has 11 heteroatoms. The first-order valence-corrected chi connectivity index (χ1v) is 15.5. The van der Waals surface area contributed by atoms with Crippen LogP contribution in [0.3, 0.4) is 0 Å². The Morgan fingerprint density at radius 3 is 2.44 bits per heavy atom. The molecule has 0 bridgehead atoms. The predicted octanol–water partition coefficient (Wildman–Crippen LogP) is 8.17. The summed E-state index contributed by atoms with van der Waals surface area (Å²) in [6, 6.07) is 28.0. The maximum atomic E-state index is 12.8. The van der Waals surface area contributed by atoms with Crippen LogP contribution >= 0.6 is 43.2 Å². The van der Waals surface area contributed by atoms with Crippen LogP contribution in [-0.2, 0) is 4.79 Å². The van der Waals surface area contributed by atoms with Gasteiger partial charge in [-0.15, -0.1) is 11.3 Å². The molecule has 0 unspecified atom stereocenters. The van der Waals surface area contributed by atoms with E-state index in [-0.39, 0.29) is 18.4 Å². The number of carbonyl (C=O) groups excluding carboxylic acids is 2. The molecule has 0 radical (unpaired) electrons. The number of halogens is 2. The van der Waals surface area contributed by atoms with E-state index in [1.54, 1.807) is 24.3 Å². The average molecular weight is 719 g/mol. The molecule has 0 aliphatic heterocycles. The van der Waals surface area contributed by atoms with Crippen molar-refractivity contribution >= 4 is 77.7 Å². The lowest BCUT2D eigenvalue weighted by Crippen LogP contribution is -2.21. The van der Waals surface area contributed by atoms with Crippen molar-refractivity contribution in [2.75, 3.05) is 17.2 Å². The average Bonchev–Trinajstić information content (AvgIpc) is 3.47. The lowest BCUT2D eigenvalue weighted by atomic mass is 10.1. The van der Waals surface area contributed by atoms with Crippen molar-refractivity contribution < 1.29 is 14.3 Å². The zero-order valence-corrected chi connectivity index (χ0v) is 26.8. The molecule has 0 aliphatic rings. The van der Waals surface area contributed by atoms with Crippen LogP contribution in [0.1, 0.15) is 21.5 Å². The van der Waals surface area contributed by atoms with Gasteiger partial charge in [0, 0.05) is 37.9 Å². The molecule has 0 saturated carbocycles. The number of amides is 2. The van der Waals surface area contributed by atoms with Crippen LogP contribution in [0, 0.1) is 6.92 Å². The number of nitrogens with one attached hydrogen (secondary N) is 3. The fourth-order valence-corrected chi connectivity index (χ4v) is 6.04. The minimum absolute atomic E-state index is 0.212. The van der Waals surface area contributed by atoms with E-state index in [0.29, 0.717) is 27.0 Å². The number of rotatable bonds is 10. The fourth-order valence-electron chi connectivity index (χ4n) is 3.93. The molecule has 0 atom stereocenters. The number of aromatic nitrogens is 1. The molecule has 1 aromatic heterocycles. The molecule has 0 spiro atoms. The summed E-state index contributed by atoms with van der Waals surface area (Å²) in [5.41, 5.74) is 8.01. The van der Waals surface area contributed by atoms with Gasteiger partial charge in [0.05, 0.1) is 16.4 Å². The Hall–Kier alpha value is -4.32. The smallest absolute Gasteiger partial charge is 0.271 e. The topological polar surface area (TPSA) is 105 Å². The number of hydrogen-bond donors (Lipinski definition) is 3. The third-order valence-electron chi connectivity index (χ3n) is 6.06. The van der Waals surface area contributed by atoms with E-state index in [1.807, 2.05) is 79.0 Å². The number of hydrogen-bond acceptors (Lipinski definition) is 7. The number of anilines is 3. The molecule has 216 valence electrons. The maximum Gasteiger partial charge on any atom is 0.271 e. The van der Waals surface area contributed by atoms with Gasteiger partial charge in [0.1, 0.15) is 5.75 Å². The standard InChI is InChI=1S/C32H25Br2N5O3S/c1-20-7-13-26(14-8-20)36-29(40)18-42-30-23(15-24(33)16-27(30)34)17-35-39-31(41)22-11-9-21(10-12-22)28-19-43-32(38-28)37-25-5-3-2-4-6-25/h2-17,19H,18H2,1H3,(H,36,40)(H,37,38)(H,39,41)/b35-17+. The number of para-hydroxylation sites is 1. The Kier molecular flexibility index (Phi) is 9.98. The molecule has 0 aliphatic carbocycles. The summed E-state index contributed by atoms with van der Waals surface area (Å²) in [6.07, 6.45) is 1.46. The highest BCUT2D eigenvalue weighted by Crippen LogP contribution is 2.32. The Balaban J connectivity index is 1.19. The molecule has 5 rings (SSSR count). The number of carbonyl (C=O) groups is 2. The highest BCUT2D eigenvalue weighted by Gasteiger charge is 2.13. The summed E-state index contributed by atoms with van der Waals surface area (Å²) < 4.78 is 7.21. The van der Waals surface area contributed by atoms with Crippen molar-refractivity contribution in [3.05, 3.63) is 122 Å². The van der Waals surface area contributed by atoms with Crippen LogP contribution in [0.4, 0.5) is 16.5 Å². The molecule has 5 aromatic rings. The van der Waals surface area contributed by atoms with Crippen molar-refractivity contribution in [2.24, 2.45) is 5.10 Å². The molecule has 4 aromatic carbocycles. The van der Waals surface area contributed by atoms with E-state index in [0.717, 1.165) is 32.1 Å². The first kappa shape index (κ1) is 30.1. The zero-order chi connectivity index (χ0) is 30.2. The van der Waals surface area contributed by atoms with Crippen molar-refractivity contribution in [3.63, 3.8) is 0 Å². The summed E-state index contributed by atoms with van der Waals surface area (Å²) >= 11 is 8.44. The second-order valence-corrected chi connectivity index (χ2v) is 11.9. The molecule has 1 heterocycles. The summed E-state index contributed by atoms with van der Waals surface area (Å²) in [7, 11) is 0. The normalized spacial score (nSPS) is 10.9. The fraction of sp³-hybridized carbons (Fsp3) is 0.0625. The minimum atomic E-state index is -0.374. The first-order chi connectivity index (χ1) is 20.8. The van der Waals surface area contributed by atoms with Crippen LogP contribution in [0.5, 0.6) is 5.75 Å². The molecule has 0 fully saturated rings. The SMILES string of the molecule is Cc1ccc(NC(=O)COc2c(Br)cc(Br)cc2/C=N/NC(=O)c2ccc(-c3csc(Nc4ccccc4)n3)cc2)cc1. The van der Waals surface area contributed by atoms with Crippen molar-refractivity contribution in [3.8, 4) is 17.0 Å². The maximum absolute atomic E-state index is 12.8. The monoisotopic (exact) mass is 717 g/mol. The lowest BCUT2D eigenvalue weighted by Gasteiger charge is -2.12. The third-order valence-corrected chi connectivity index (χ3v) is 7.87. The molecule has 8 nitrogen and oxygen atoms in total. The molecular formula is C32H25Br2N5O3S. The van der Waals surface area contributed by atoms with Crippen molar-refractivity contribution in [1.29, 1.82) is 0 Å². The van der Waals surface area contributed by atoms with Crippen molar-refractivity contribution in [2.45, 2.75) is 6.92 Å². The quantitative estimate of drug-likeness (QED) is 0.0999. The van der Waals surface area contributed by atoms with Gasteiger partial charge in [-0.05, 0) is 71.4 Å². The van der Waals surface area contributed by atoms with Crippen LogP contribution < -0.4 is 20.8 Å². The third kappa shape index (κ3) is 8.38. The minimum Gasteiger partial charge on any atom is -0.482 e. The number of thiazole rings is 1. The first-order valence-electron chi connectivity index (χ1n) is 13.0. The Labute approximate surface area is 269 Å². The predicted molar refractivity (Wildman–Crippen MR) is 179 cm³/mol. The highest BCUT2D eigenvalue weighted by atomic mass is 79.9. The molecular weight excluding hydrogens is 694 g/mol. The van der Waals surface area contributed by atoms with E-state index >= 15 is 0 Å². The lowest BCUT2D eigenvalue weighted by molar-refractivity contribution is -0.118. The van der Waals surface area contributed by atoms with E-state index in [1.165, 1.54) is 17.6 Å². The van der Waals surface area contributed by atoms with E-state index in [9.17, 15) is 9.59 Å². The van der Waals surface area contributed by atoms with Gasteiger partial charge in [0.25, 0.3) is 11.8 Å². The van der Waals surface area contributed by atoms with E-state index in [2.05, 4.69) is 58.0 Å². The largest absolute Gasteiger partial charge is 0.482 e. The van der Waals surface area contributed by atoms with Crippen LogP contribution in [-0.4, -0.2) is 29.6 Å². The van der Waals surface area contributed by atoms with Gasteiger partial charge >= 0.3 is 0 Å². The Morgan fingerprint density at radius 2 is 1.70 bits per heavy atom. The van der Waals surface area contributed by atoms with E-state index < -0.39 is 0 Å². The second kappa shape index (κ2) is 14.2. The van der Waals surface area contributed by atoms with Crippen LogP contribution in [0.25, 0.3) is 11.3 Å². The Bertz CT molecular complexity index is 1760. The van der Waals surface area contributed by atoms with E-state index in [4.69, 9.17) is 4.74 Å². The number of benzene rings is 4. The second-order valence-electron chi connectivity index (χ2n) is 9.31. The van der Waals surface area contributed by atoms with Gasteiger partial charge < -0.3 is 15.4 Å². The van der Waals surface area contributed by atoms with Crippen LogP contribution in [0.2, 0.25) is 0 Å². The Morgan fingerprint density at radius 1 is 0.953 bits per heavy atom. The molecule has 43 heavy (non-hydrogen) atoms. The van der Waals surface area contributed by atoms with Gasteiger partial charge in [0.15, 0.2) is 11.7 Å². The number of aryl methyl sites for hydroxylation is 1. The number of ether oxygens (including phenoxy) is 1. The summed E-state index contributed by atoms with van der Waals surface area (Å²) in [5.74, 6) is -0.268. The summed E-state index contributed by atoms with van der Waals surface area (Å²) in [6.45, 7) is 1.77. The summed E-state index contributed by atoms with van der Waals surface area (Å²) in [5, 5.41) is 13.0. The summed E-state index contributed by atoms with van der Waals surface area (Å²) in [4.78, 5) is 29.9. The van der Waals surface area contributed by atoms with Crippen molar-refractivity contribution in [1.82, 2.24) is 10.4 Å². The van der Waals surface area contributed by atoms with Gasteiger partial charge in [0.2, 0.25) is 0 Å². The van der Waals surface area contributed by atoms with Gasteiger partial charge in [-0.1, -0.05) is 64.0 Å². The number of hydrazone groups is 1. The number of nitrogens with zero attached hydrogens (tertiary/aromatic N) is 2. The van der Waals surface area contributed by atoms with Gasteiger partial charge in [-0.2, -0.15) is 5.10 Å². The zero-order valence-electron chi connectivity index (χ0n) is 22.8. The van der Waals surface area contributed by atoms with Gasteiger partial charge in [-0.3, -0.25) is 9.59 Å². The van der Waals surface area contributed by atoms with Crippen LogP contribution in [0.15, 0.2) is 110 Å². The molecule has 3 N–H and O–H groups in total. The molecule has 2 amide bonds. The molecule has 0 saturated heterocycles.